The van der Waals surface area contributed by atoms with Crippen molar-refractivity contribution in [2.24, 2.45) is 0 Å². The average molecular weight is 955 g/mol. The molecule has 15 nitrogen and oxygen atoms in total. The number of halogens is 1. The van der Waals surface area contributed by atoms with Crippen molar-refractivity contribution in [2.45, 2.75) is 48.0 Å². The molecule has 0 aliphatic heterocycles. The Morgan fingerprint density at radius 2 is 1.06 bits per heavy atom. The predicted molar refractivity (Wildman–Crippen MR) is 258 cm³/mol. The largest absolute Gasteiger partial charge is 0.495 e. The summed E-state index contributed by atoms with van der Waals surface area (Å²) in [5, 5.41) is 10.3. The van der Waals surface area contributed by atoms with Crippen LogP contribution in [0.3, 0.4) is 0 Å². The summed E-state index contributed by atoms with van der Waals surface area (Å²) in [6.45, 7) is 13.5. The zero-order valence-corrected chi connectivity index (χ0v) is 40.6. The summed E-state index contributed by atoms with van der Waals surface area (Å²) in [7, 11) is -9.74. The molecule has 63 heavy (non-hydrogen) atoms. The van der Waals surface area contributed by atoms with E-state index in [1.54, 1.807) is 122 Å². The summed E-state index contributed by atoms with van der Waals surface area (Å²) >= 11 is 5.81. The number of nitrogens with zero attached hydrogens (tertiary/aromatic N) is 4. The lowest BCUT2D eigenvalue weighted by Crippen LogP contribution is -2.15. The molecule has 0 amide bonds. The smallest absolute Gasteiger partial charge is 0.182 e. The number of methoxy groups -OCH3 is 1. The van der Waals surface area contributed by atoms with Crippen molar-refractivity contribution in [1.29, 1.82) is 0 Å². The fourth-order valence-electron chi connectivity index (χ4n) is 5.41. The van der Waals surface area contributed by atoms with Gasteiger partial charge in [0.25, 0.3) is 0 Å². The fourth-order valence-corrected chi connectivity index (χ4v) is 9.66. The molecule has 336 valence electrons. The highest BCUT2D eigenvalue weighted by Crippen LogP contribution is 2.38. The summed E-state index contributed by atoms with van der Waals surface area (Å²) < 4.78 is 78.2. The topological polar surface area (TPSA) is 225 Å². The maximum Gasteiger partial charge on any atom is 0.182 e. The minimum absolute atomic E-state index is 0.227. The standard InChI is InChI=1S/C21H25N4O3PS.C13H15ClN3O2P.C9H13NO2S/c1-15(2)30(27,28)19-8-6-5-7-18(19)25-21-13-20(22-14-23-21)24-16-9-11-17(12-10-16)29(3,4)26;1-19-11-6-9(20(2,3)18)4-5-10(11)17-13-7-12(14)15-8-16-13;1-7(2)13(11,12)9-6-4-3-5-8(9)10/h5-15H,1-4H3,(H2,22,23,24,25);4-8H,1-3H3,(H,15,16,17);3-7H,10H2,1-2H3. The molecule has 2 heterocycles. The van der Waals surface area contributed by atoms with Crippen LogP contribution in [0.1, 0.15) is 27.7 Å². The number of para-hydroxylation sites is 2. The van der Waals surface area contributed by atoms with E-state index in [1.807, 2.05) is 36.4 Å². The first-order valence-electron chi connectivity index (χ1n) is 19.3. The number of hydrogen-bond donors (Lipinski definition) is 4. The number of nitrogens with one attached hydrogen (secondary N) is 3. The molecular weight excluding hydrogens is 902 g/mol. The van der Waals surface area contributed by atoms with Crippen LogP contribution in [0, 0.1) is 0 Å². The van der Waals surface area contributed by atoms with E-state index in [4.69, 9.17) is 22.1 Å². The molecule has 0 aliphatic rings. The number of benzene rings is 4. The number of anilines is 7. The summed E-state index contributed by atoms with van der Waals surface area (Å²) in [4.78, 5) is 16.7. The predicted octanol–water partition coefficient (Wildman–Crippen LogP) is 8.98. The summed E-state index contributed by atoms with van der Waals surface area (Å²) in [6, 6.07) is 29.3. The summed E-state index contributed by atoms with van der Waals surface area (Å²) in [5.74, 6) is 2.16. The van der Waals surface area contributed by atoms with E-state index in [9.17, 15) is 26.0 Å². The third kappa shape index (κ3) is 14.1. The molecule has 0 unspecified atom stereocenters. The number of hydrogen-bond acceptors (Lipinski definition) is 15. The van der Waals surface area contributed by atoms with Gasteiger partial charge in [-0.2, -0.15) is 0 Å². The molecule has 0 radical (unpaired) electrons. The molecule has 0 aliphatic carbocycles. The van der Waals surface area contributed by atoms with Gasteiger partial charge in [0.15, 0.2) is 19.7 Å². The van der Waals surface area contributed by atoms with E-state index in [2.05, 4.69) is 35.9 Å². The highest BCUT2D eigenvalue weighted by atomic mass is 35.5. The van der Waals surface area contributed by atoms with Crippen LogP contribution in [0.25, 0.3) is 0 Å². The Hall–Kier alpha value is -5.31. The van der Waals surface area contributed by atoms with Gasteiger partial charge in [-0.05, 0) is 121 Å². The minimum atomic E-state index is -3.45. The van der Waals surface area contributed by atoms with Crippen molar-refractivity contribution in [3.8, 4) is 5.75 Å². The first kappa shape index (κ1) is 50.3. The number of ether oxygens (including phenoxy) is 1. The third-order valence-corrected chi connectivity index (χ3v) is 16.8. The van der Waals surface area contributed by atoms with E-state index < -0.39 is 44.5 Å². The molecular formula is C43H53ClN8O7P2S2. The molecule has 6 rings (SSSR count). The van der Waals surface area contributed by atoms with E-state index >= 15 is 0 Å². The molecule has 0 fully saturated rings. The molecule has 6 aromatic rings. The highest BCUT2D eigenvalue weighted by Gasteiger charge is 2.23. The quantitative estimate of drug-likeness (QED) is 0.0481. The van der Waals surface area contributed by atoms with E-state index in [-0.39, 0.29) is 9.79 Å². The average Bonchev–Trinajstić information content (AvgIpc) is 3.21. The van der Waals surface area contributed by atoms with Gasteiger partial charge in [0.05, 0.1) is 44.5 Å². The van der Waals surface area contributed by atoms with E-state index in [0.717, 1.165) is 22.0 Å². The van der Waals surface area contributed by atoms with E-state index in [0.29, 0.717) is 39.7 Å². The van der Waals surface area contributed by atoms with Gasteiger partial charge in [-0.3, -0.25) is 0 Å². The normalized spacial score (nSPS) is 11.7. The van der Waals surface area contributed by atoms with E-state index in [1.165, 1.54) is 18.7 Å². The number of rotatable bonds is 13. The molecule has 20 heteroatoms. The van der Waals surface area contributed by atoms with Gasteiger partial charge in [0.2, 0.25) is 0 Å². The monoisotopic (exact) mass is 954 g/mol. The van der Waals surface area contributed by atoms with Gasteiger partial charge < -0.3 is 35.6 Å². The van der Waals surface area contributed by atoms with Gasteiger partial charge in [-0.15, -0.1) is 0 Å². The first-order chi connectivity index (χ1) is 29.4. The maximum absolute atomic E-state index is 12.6. The van der Waals surface area contributed by atoms with Gasteiger partial charge >= 0.3 is 0 Å². The molecule has 2 aromatic heterocycles. The van der Waals surface area contributed by atoms with Crippen LogP contribution < -0.4 is 37.0 Å². The van der Waals surface area contributed by atoms with Crippen LogP contribution in [0.4, 0.5) is 40.2 Å². The molecule has 0 saturated carbocycles. The number of nitrogen functional groups attached to an aromatic ring is 1. The Morgan fingerprint density at radius 3 is 1.60 bits per heavy atom. The van der Waals surface area contributed by atoms with Crippen molar-refractivity contribution >= 4 is 96.4 Å². The second kappa shape index (κ2) is 21.4. The number of aromatic nitrogens is 4. The van der Waals surface area contributed by atoms with Crippen molar-refractivity contribution in [3.63, 3.8) is 0 Å². The molecule has 0 saturated heterocycles. The summed E-state index contributed by atoms with van der Waals surface area (Å²) in [5.41, 5.74) is 7.85. The first-order valence-corrected chi connectivity index (χ1v) is 28.0. The minimum Gasteiger partial charge on any atom is -0.495 e. The summed E-state index contributed by atoms with van der Waals surface area (Å²) in [6.07, 6.45) is 2.77. The second-order valence-electron chi connectivity index (χ2n) is 15.2. The molecule has 0 spiro atoms. The Kier molecular flexibility index (Phi) is 17.1. The molecule has 4 aromatic carbocycles. The zero-order valence-electron chi connectivity index (χ0n) is 36.4. The van der Waals surface area contributed by atoms with Gasteiger partial charge in [-0.1, -0.05) is 35.9 Å². The zero-order chi connectivity index (χ0) is 46.8. The van der Waals surface area contributed by atoms with Crippen LogP contribution in [-0.2, 0) is 28.8 Å². The Bertz CT molecular complexity index is 2840. The van der Waals surface area contributed by atoms with Crippen LogP contribution >= 0.6 is 25.9 Å². The molecule has 5 N–H and O–H groups in total. The SMILES string of the molecule is CC(C)S(=O)(=O)c1ccccc1N.CC(C)S(=O)(=O)c1ccccc1Nc1cc(Nc2ccc(P(C)(C)=O)cc2)ncn1.COc1cc(P(C)(C)=O)ccc1Nc1cc(Cl)ncn1. The lowest BCUT2D eigenvalue weighted by atomic mass is 10.3. The lowest BCUT2D eigenvalue weighted by molar-refractivity contribution is 0.417. The fraction of sp³-hybridized carbons (Fsp3) is 0.256. The van der Waals surface area contributed by atoms with Crippen LogP contribution in [0.15, 0.2) is 126 Å². The Labute approximate surface area is 375 Å². The van der Waals surface area contributed by atoms with Gasteiger partial charge in [-0.25, -0.2) is 36.8 Å². The number of sulfone groups is 2. The van der Waals surface area contributed by atoms with Crippen molar-refractivity contribution in [2.75, 3.05) is 55.5 Å². The third-order valence-electron chi connectivity index (χ3n) is 9.06. The Morgan fingerprint density at radius 1 is 0.587 bits per heavy atom. The van der Waals surface area contributed by atoms with Crippen molar-refractivity contribution in [1.82, 2.24) is 19.9 Å². The van der Waals surface area contributed by atoms with Crippen LogP contribution in [-0.4, -0.2) is 81.0 Å². The van der Waals surface area contributed by atoms with Gasteiger partial charge in [0, 0.05) is 28.4 Å². The maximum atomic E-state index is 12.6. The molecule has 0 bridgehead atoms. The van der Waals surface area contributed by atoms with Crippen molar-refractivity contribution in [3.05, 3.63) is 121 Å². The van der Waals surface area contributed by atoms with Crippen molar-refractivity contribution < 1.29 is 30.7 Å². The second-order valence-corrected chi connectivity index (χ2v) is 27.0. The van der Waals surface area contributed by atoms with Crippen LogP contribution in [0.5, 0.6) is 5.75 Å². The molecule has 0 atom stereocenters. The lowest BCUT2D eigenvalue weighted by Gasteiger charge is -2.14. The van der Waals surface area contributed by atoms with Gasteiger partial charge in [0.1, 0.15) is 55.3 Å². The highest BCUT2D eigenvalue weighted by molar-refractivity contribution is 7.92. The number of nitrogens with two attached hydrogens (primary N) is 1. The van der Waals surface area contributed by atoms with Crippen LogP contribution in [0.2, 0.25) is 5.15 Å². The Balaban J connectivity index is 0.000000227.